The van der Waals surface area contributed by atoms with Crippen LogP contribution in [0.1, 0.15) is 59.3 Å². The molecule has 1 N–H and O–H groups in total. The monoisotopic (exact) mass is 264 g/mol. The van der Waals surface area contributed by atoms with Gasteiger partial charge in [0.2, 0.25) is 0 Å². The van der Waals surface area contributed by atoms with Gasteiger partial charge in [-0.15, -0.1) is 0 Å². The minimum Gasteiger partial charge on any atom is -0.310 e. The van der Waals surface area contributed by atoms with E-state index in [0.29, 0.717) is 5.41 Å². The fourth-order valence-corrected chi connectivity index (χ4v) is 4.59. The van der Waals surface area contributed by atoms with Crippen molar-refractivity contribution in [1.29, 1.82) is 0 Å². The summed E-state index contributed by atoms with van der Waals surface area (Å²) in [5.74, 6) is 1.90. The zero-order valence-electron chi connectivity index (χ0n) is 13.1. The predicted octanol–water partition coefficient (Wildman–Crippen LogP) is 3.28. The Balaban J connectivity index is 1.48. The molecule has 2 heterocycles. The normalized spacial score (nSPS) is 40.6. The molecule has 0 aromatic rings. The number of nitrogens with one attached hydrogen (secondary N) is 1. The van der Waals surface area contributed by atoms with Crippen LogP contribution in [0.25, 0.3) is 0 Å². The van der Waals surface area contributed by atoms with Crippen molar-refractivity contribution in [1.82, 2.24) is 10.2 Å². The van der Waals surface area contributed by atoms with Gasteiger partial charge < -0.3 is 10.2 Å². The van der Waals surface area contributed by atoms with E-state index in [1.165, 1.54) is 58.2 Å². The fraction of sp³-hybridized carbons (Fsp3) is 1.00. The highest BCUT2D eigenvalue weighted by Gasteiger charge is 2.37. The van der Waals surface area contributed by atoms with Crippen LogP contribution in [0.4, 0.5) is 0 Å². The van der Waals surface area contributed by atoms with Gasteiger partial charge >= 0.3 is 0 Å². The summed E-state index contributed by atoms with van der Waals surface area (Å²) >= 11 is 0. The van der Waals surface area contributed by atoms with Crippen LogP contribution in [0.3, 0.4) is 0 Å². The largest absolute Gasteiger partial charge is 0.310 e. The molecular weight excluding hydrogens is 232 g/mol. The van der Waals surface area contributed by atoms with E-state index in [1.807, 2.05) is 0 Å². The van der Waals surface area contributed by atoms with Crippen LogP contribution >= 0.6 is 0 Å². The molecule has 2 aliphatic heterocycles. The standard InChI is InChI=1S/C17H32N2/c1-17(2,3)14-8-9-19(11-14)12-15-10-13-6-4-5-7-16(13)18-15/h13-16,18H,4-12H2,1-3H3. The van der Waals surface area contributed by atoms with Gasteiger partial charge in [0.25, 0.3) is 0 Å². The van der Waals surface area contributed by atoms with Crippen LogP contribution in [-0.4, -0.2) is 36.6 Å². The van der Waals surface area contributed by atoms with E-state index in [2.05, 4.69) is 31.0 Å². The summed E-state index contributed by atoms with van der Waals surface area (Å²) in [4.78, 5) is 2.73. The second-order valence-electron chi connectivity index (χ2n) is 8.36. The van der Waals surface area contributed by atoms with Crippen molar-refractivity contribution in [3.8, 4) is 0 Å². The van der Waals surface area contributed by atoms with E-state index >= 15 is 0 Å². The Morgan fingerprint density at radius 2 is 1.89 bits per heavy atom. The third-order valence-corrected chi connectivity index (χ3v) is 5.92. The number of hydrogen-bond donors (Lipinski definition) is 1. The second kappa shape index (κ2) is 5.37. The maximum Gasteiger partial charge on any atom is 0.0200 e. The third kappa shape index (κ3) is 3.16. The Kier molecular flexibility index (Phi) is 3.92. The van der Waals surface area contributed by atoms with Crippen LogP contribution in [-0.2, 0) is 0 Å². The van der Waals surface area contributed by atoms with Gasteiger partial charge in [0.05, 0.1) is 0 Å². The molecule has 19 heavy (non-hydrogen) atoms. The lowest BCUT2D eigenvalue weighted by atomic mass is 9.80. The number of likely N-dealkylation sites (tertiary alicyclic amines) is 1. The highest BCUT2D eigenvalue weighted by atomic mass is 15.2. The van der Waals surface area contributed by atoms with Crippen molar-refractivity contribution in [3.63, 3.8) is 0 Å². The molecule has 3 aliphatic rings. The highest BCUT2D eigenvalue weighted by Crippen LogP contribution is 2.36. The summed E-state index contributed by atoms with van der Waals surface area (Å²) < 4.78 is 0. The van der Waals surface area contributed by atoms with Crippen molar-refractivity contribution in [2.75, 3.05) is 19.6 Å². The lowest BCUT2D eigenvalue weighted by Crippen LogP contribution is -2.40. The minimum atomic E-state index is 0.492. The Hall–Kier alpha value is -0.0800. The van der Waals surface area contributed by atoms with Crippen LogP contribution < -0.4 is 5.32 Å². The van der Waals surface area contributed by atoms with Crippen molar-refractivity contribution in [2.24, 2.45) is 17.3 Å². The molecule has 110 valence electrons. The molecule has 2 heteroatoms. The SMILES string of the molecule is CC(C)(C)C1CCN(CC2CC3CCCCC3N2)C1. The maximum atomic E-state index is 3.93. The summed E-state index contributed by atoms with van der Waals surface area (Å²) in [6, 6.07) is 1.64. The van der Waals surface area contributed by atoms with Crippen molar-refractivity contribution >= 4 is 0 Å². The molecular formula is C17H32N2. The predicted molar refractivity (Wildman–Crippen MR) is 81.3 cm³/mol. The first-order valence-corrected chi connectivity index (χ1v) is 8.51. The maximum absolute atomic E-state index is 3.93. The van der Waals surface area contributed by atoms with Gasteiger partial charge in [0.1, 0.15) is 0 Å². The van der Waals surface area contributed by atoms with E-state index in [1.54, 1.807) is 0 Å². The molecule has 3 fully saturated rings. The van der Waals surface area contributed by atoms with Crippen molar-refractivity contribution in [3.05, 3.63) is 0 Å². The van der Waals surface area contributed by atoms with Gasteiger partial charge in [-0.25, -0.2) is 0 Å². The summed E-state index contributed by atoms with van der Waals surface area (Å²) in [5, 5.41) is 3.93. The molecule has 4 unspecified atom stereocenters. The second-order valence-corrected chi connectivity index (χ2v) is 8.36. The van der Waals surface area contributed by atoms with Gasteiger partial charge in [-0.1, -0.05) is 33.6 Å². The molecule has 3 rings (SSSR count). The van der Waals surface area contributed by atoms with Crippen LogP contribution in [0.2, 0.25) is 0 Å². The van der Waals surface area contributed by atoms with Gasteiger partial charge in [-0.05, 0) is 49.5 Å². The molecule has 1 aliphatic carbocycles. The molecule has 1 saturated carbocycles. The summed E-state index contributed by atoms with van der Waals surface area (Å²) in [5.41, 5.74) is 0.492. The summed E-state index contributed by atoms with van der Waals surface area (Å²) in [6.07, 6.45) is 8.71. The molecule has 4 atom stereocenters. The number of hydrogen-bond acceptors (Lipinski definition) is 2. The van der Waals surface area contributed by atoms with E-state index in [0.717, 1.165) is 23.9 Å². The van der Waals surface area contributed by atoms with Gasteiger partial charge in [-0.2, -0.15) is 0 Å². The highest BCUT2D eigenvalue weighted by molar-refractivity contribution is 4.95. The molecule has 2 saturated heterocycles. The Morgan fingerprint density at radius 3 is 2.58 bits per heavy atom. The van der Waals surface area contributed by atoms with Gasteiger partial charge in [0, 0.05) is 25.2 Å². The van der Waals surface area contributed by atoms with E-state index < -0.39 is 0 Å². The first-order valence-electron chi connectivity index (χ1n) is 8.51. The third-order valence-electron chi connectivity index (χ3n) is 5.92. The first kappa shape index (κ1) is 13.9. The van der Waals surface area contributed by atoms with Crippen molar-refractivity contribution in [2.45, 2.75) is 71.4 Å². The lowest BCUT2D eigenvalue weighted by Gasteiger charge is -2.28. The number of nitrogens with zero attached hydrogens (tertiary/aromatic N) is 1. The quantitative estimate of drug-likeness (QED) is 0.823. The van der Waals surface area contributed by atoms with Crippen LogP contribution in [0.15, 0.2) is 0 Å². The molecule has 0 bridgehead atoms. The molecule has 0 spiro atoms. The summed E-state index contributed by atoms with van der Waals surface area (Å²) in [6.45, 7) is 11.2. The number of rotatable bonds is 2. The zero-order valence-corrected chi connectivity index (χ0v) is 13.1. The molecule has 0 amide bonds. The zero-order chi connectivity index (χ0) is 13.5. The van der Waals surface area contributed by atoms with Crippen LogP contribution in [0, 0.1) is 17.3 Å². The molecule has 0 radical (unpaired) electrons. The molecule has 0 aromatic carbocycles. The van der Waals surface area contributed by atoms with Gasteiger partial charge in [0.15, 0.2) is 0 Å². The molecule has 0 aromatic heterocycles. The Bertz CT molecular complexity index is 293. The van der Waals surface area contributed by atoms with Gasteiger partial charge in [-0.3, -0.25) is 0 Å². The topological polar surface area (TPSA) is 15.3 Å². The smallest absolute Gasteiger partial charge is 0.0200 e. The van der Waals surface area contributed by atoms with Crippen LogP contribution in [0.5, 0.6) is 0 Å². The lowest BCUT2D eigenvalue weighted by molar-refractivity contribution is 0.221. The summed E-state index contributed by atoms with van der Waals surface area (Å²) in [7, 11) is 0. The Labute approximate surface area is 119 Å². The minimum absolute atomic E-state index is 0.492. The average Bonchev–Trinajstić information content (AvgIpc) is 2.94. The fourth-order valence-electron chi connectivity index (χ4n) is 4.59. The van der Waals surface area contributed by atoms with Crippen molar-refractivity contribution < 1.29 is 0 Å². The number of fused-ring (bicyclic) bond motifs is 1. The van der Waals surface area contributed by atoms with E-state index in [4.69, 9.17) is 0 Å². The van der Waals surface area contributed by atoms with E-state index in [-0.39, 0.29) is 0 Å². The average molecular weight is 264 g/mol. The Morgan fingerprint density at radius 1 is 1.11 bits per heavy atom. The molecule has 2 nitrogen and oxygen atoms in total. The first-order chi connectivity index (χ1) is 9.02. The van der Waals surface area contributed by atoms with E-state index in [9.17, 15) is 0 Å².